The molecule has 26 heavy (non-hydrogen) atoms. The number of para-hydroxylation sites is 1. The molecule has 7 heteroatoms. The van der Waals surface area contributed by atoms with Gasteiger partial charge in [0.1, 0.15) is 0 Å². The maximum atomic E-state index is 12.8. The summed E-state index contributed by atoms with van der Waals surface area (Å²) < 4.78 is 25.2. The lowest BCUT2D eigenvalue weighted by molar-refractivity contribution is 0.0941. The van der Waals surface area contributed by atoms with Gasteiger partial charge < -0.3 is 10.3 Å². The van der Waals surface area contributed by atoms with E-state index in [9.17, 15) is 13.2 Å². The maximum Gasteiger partial charge on any atom is 0.254 e. The second-order valence-corrected chi connectivity index (χ2v) is 8.11. The van der Waals surface area contributed by atoms with Crippen molar-refractivity contribution < 1.29 is 13.2 Å². The zero-order valence-corrected chi connectivity index (χ0v) is 15.6. The lowest BCUT2D eigenvalue weighted by atomic mass is 10.1. The molecule has 3 aromatic rings. The van der Waals surface area contributed by atoms with Crippen molar-refractivity contribution in [1.29, 1.82) is 0 Å². The minimum atomic E-state index is -3.35. The largest absolute Gasteiger partial charge is 0.358 e. The summed E-state index contributed by atoms with van der Waals surface area (Å²) in [5, 5.41) is 3.86. The van der Waals surface area contributed by atoms with Crippen LogP contribution in [0.5, 0.6) is 0 Å². The summed E-state index contributed by atoms with van der Waals surface area (Å²) in [6.07, 6.45) is 1.10. The summed E-state index contributed by atoms with van der Waals surface area (Å²) >= 11 is 0. The van der Waals surface area contributed by atoms with Crippen molar-refractivity contribution in [3.63, 3.8) is 0 Å². The minimum Gasteiger partial charge on any atom is -0.358 e. The van der Waals surface area contributed by atoms with Crippen LogP contribution in [0.25, 0.3) is 10.9 Å². The Labute approximate surface area is 152 Å². The van der Waals surface area contributed by atoms with Gasteiger partial charge in [0.15, 0.2) is 0 Å². The highest BCUT2D eigenvalue weighted by atomic mass is 32.2. The van der Waals surface area contributed by atoms with Crippen LogP contribution >= 0.6 is 0 Å². The molecule has 136 valence electrons. The predicted molar refractivity (Wildman–Crippen MR) is 104 cm³/mol. The van der Waals surface area contributed by atoms with E-state index in [-0.39, 0.29) is 11.9 Å². The summed E-state index contributed by atoms with van der Waals surface area (Å²) in [4.78, 5) is 16.0. The number of aromatic amines is 1. The Bertz CT molecular complexity index is 1070. The van der Waals surface area contributed by atoms with Crippen LogP contribution in [-0.2, 0) is 10.0 Å². The fourth-order valence-electron chi connectivity index (χ4n) is 3.01. The molecule has 0 aliphatic rings. The molecule has 1 atom stereocenters. The molecule has 0 saturated carbocycles. The number of aromatic nitrogens is 1. The monoisotopic (exact) mass is 371 g/mol. The van der Waals surface area contributed by atoms with E-state index in [4.69, 9.17) is 0 Å². The maximum absolute atomic E-state index is 12.8. The first kappa shape index (κ1) is 18.0. The molecule has 0 radical (unpaired) electrons. The van der Waals surface area contributed by atoms with Crippen LogP contribution < -0.4 is 10.0 Å². The molecule has 0 spiro atoms. The van der Waals surface area contributed by atoms with Gasteiger partial charge in [0.25, 0.3) is 5.91 Å². The Morgan fingerprint density at radius 1 is 1.12 bits per heavy atom. The topological polar surface area (TPSA) is 91.1 Å². The number of hydrogen-bond acceptors (Lipinski definition) is 3. The highest BCUT2D eigenvalue weighted by Gasteiger charge is 2.18. The lowest BCUT2D eigenvalue weighted by Crippen LogP contribution is -2.27. The van der Waals surface area contributed by atoms with Gasteiger partial charge in [-0.05, 0) is 37.6 Å². The number of anilines is 1. The van der Waals surface area contributed by atoms with Crippen LogP contribution in [0.1, 0.15) is 34.6 Å². The van der Waals surface area contributed by atoms with Crippen LogP contribution in [0.2, 0.25) is 0 Å². The number of fused-ring (bicyclic) bond motifs is 1. The smallest absolute Gasteiger partial charge is 0.254 e. The number of H-pyrrole nitrogens is 1. The van der Waals surface area contributed by atoms with E-state index < -0.39 is 10.0 Å². The molecule has 3 N–H and O–H groups in total. The zero-order valence-electron chi connectivity index (χ0n) is 14.8. The van der Waals surface area contributed by atoms with Gasteiger partial charge in [0.2, 0.25) is 10.0 Å². The van der Waals surface area contributed by atoms with E-state index in [2.05, 4.69) is 15.0 Å². The number of benzene rings is 2. The molecule has 1 amide bonds. The number of amides is 1. The molecule has 1 heterocycles. The standard InChI is InChI=1S/C19H21N3O3S/c1-12(14-7-6-8-15(11-14)22-26(3,24)25)21-19(23)18-13(2)20-17-10-5-4-9-16(17)18/h4-12,20,22H,1-3H3,(H,21,23)/t12-/m1/s1. The third kappa shape index (κ3) is 3.88. The summed E-state index contributed by atoms with van der Waals surface area (Å²) in [5.41, 5.74) is 3.63. The Hall–Kier alpha value is -2.80. The summed E-state index contributed by atoms with van der Waals surface area (Å²) in [6.45, 7) is 3.73. The number of aryl methyl sites for hydroxylation is 1. The molecule has 0 fully saturated rings. The molecule has 0 saturated heterocycles. The number of carbonyl (C=O) groups is 1. The highest BCUT2D eigenvalue weighted by molar-refractivity contribution is 7.92. The zero-order chi connectivity index (χ0) is 18.9. The molecule has 0 unspecified atom stereocenters. The van der Waals surface area contributed by atoms with Gasteiger partial charge >= 0.3 is 0 Å². The van der Waals surface area contributed by atoms with Crippen molar-refractivity contribution in [1.82, 2.24) is 10.3 Å². The minimum absolute atomic E-state index is 0.172. The molecule has 0 aliphatic carbocycles. The second kappa shape index (κ2) is 6.84. The Kier molecular flexibility index (Phi) is 4.73. The van der Waals surface area contributed by atoms with E-state index in [1.165, 1.54) is 0 Å². The number of sulfonamides is 1. The average Bonchev–Trinajstić information content (AvgIpc) is 2.89. The van der Waals surface area contributed by atoms with Crippen LogP contribution in [0.15, 0.2) is 48.5 Å². The summed E-state index contributed by atoms with van der Waals surface area (Å²) in [5.74, 6) is -0.172. The molecular weight excluding hydrogens is 350 g/mol. The SMILES string of the molecule is Cc1[nH]c2ccccc2c1C(=O)N[C@H](C)c1cccc(NS(C)(=O)=O)c1. The molecule has 3 rings (SSSR count). The van der Waals surface area contributed by atoms with Gasteiger partial charge in [-0.25, -0.2) is 8.42 Å². The van der Waals surface area contributed by atoms with Gasteiger partial charge in [0.05, 0.1) is 17.9 Å². The number of carbonyl (C=O) groups excluding carboxylic acids is 1. The fraction of sp³-hybridized carbons (Fsp3) is 0.211. The predicted octanol–water partition coefficient (Wildman–Crippen LogP) is 3.34. The van der Waals surface area contributed by atoms with Crippen LogP contribution in [0, 0.1) is 6.92 Å². The van der Waals surface area contributed by atoms with Crippen molar-refractivity contribution in [3.8, 4) is 0 Å². The van der Waals surface area contributed by atoms with Gasteiger partial charge in [-0.1, -0.05) is 30.3 Å². The summed E-state index contributed by atoms with van der Waals surface area (Å²) in [6, 6.07) is 14.4. The molecule has 2 aromatic carbocycles. The molecule has 0 aliphatic heterocycles. The number of nitrogens with one attached hydrogen (secondary N) is 3. The molecule has 0 bridgehead atoms. The Morgan fingerprint density at radius 3 is 2.58 bits per heavy atom. The first-order valence-corrected chi connectivity index (χ1v) is 10.1. The van der Waals surface area contributed by atoms with Crippen molar-refractivity contribution in [3.05, 3.63) is 65.4 Å². The van der Waals surface area contributed by atoms with Crippen LogP contribution in [-0.4, -0.2) is 25.6 Å². The number of rotatable bonds is 5. The quantitative estimate of drug-likeness (QED) is 0.642. The first-order chi connectivity index (χ1) is 12.2. The third-order valence-corrected chi connectivity index (χ3v) is 4.76. The van der Waals surface area contributed by atoms with E-state index in [0.29, 0.717) is 11.3 Å². The Morgan fingerprint density at radius 2 is 1.85 bits per heavy atom. The van der Waals surface area contributed by atoms with Crippen LogP contribution in [0.4, 0.5) is 5.69 Å². The fourth-order valence-corrected chi connectivity index (χ4v) is 3.56. The molecular formula is C19H21N3O3S. The van der Waals surface area contributed by atoms with Crippen molar-refractivity contribution >= 4 is 32.5 Å². The van der Waals surface area contributed by atoms with Gasteiger partial charge in [0, 0.05) is 22.3 Å². The highest BCUT2D eigenvalue weighted by Crippen LogP contribution is 2.23. The second-order valence-electron chi connectivity index (χ2n) is 6.37. The van der Waals surface area contributed by atoms with E-state index in [1.54, 1.807) is 18.2 Å². The van der Waals surface area contributed by atoms with Gasteiger partial charge in [-0.2, -0.15) is 0 Å². The normalized spacial score (nSPS) is 12.7. The van der Waals surface area contributed by atoms with E-state index in [1.807, 2.05) is 44.2 Å². The number of hydrogen-bond donors (Lipinski definition) is 3. The molecule has 6 nitrogen and oxygen atoms in total. The first-order valence-electron chi connectivity index (χ1n) is 8.20. The van der Waals surface area contributed by atoms with Gasteiger partial charge in [-0.3, -0.25) is 9.52 Å². The average molecular weight is 371 g/mol. The van der Waals surface area contributed by atoms with E-state index >= 15 is 0 Å². The van der Waals surface area contributed by atoms with Crippen molar-refractivity contribution in [2.45, 2.75) is 19.9 Å². The summed E-state index contributed by atoms with van der Waals surface area (Å²) in [7, 11) is -3.35. The molecule has 1 aromatic heterocycles. The van der Waals surface area contributed by atoms with E-state index in [0.717, 1.165) is 28.4 Å². The Balaban J connectivity index is 1.83. The van der Waals surface area contributed by atoms with Crippen LogP contribution in [0.3, 0.4) is 0 Å². The third-order valence-electron chi connectivity index (χ3n) is 4.16. The van der Waals surface area contributed by atoms with Gasteiger partial charge in [-0.15, -0.1) is 0 Å². The van der Waals surface area contributed by atoms with Crippen molar-refractivity contribution in [2.75, 3.05) is 11.0 Å². The lowest BCUT2D eigenvalue weighted by Gasteiger charge is -2.16. The van der Waals surface area contributed by atoms with Crippen molar-refractivity contribution in [2.24, 2.45) is 0 Å².